The summed E-state index contributed by atoms with van der Waals surface area (Å²) in [5.41, 5.74) is 2.39. The van der Waals surface area contributed by atoms with Gasteiger partial charge in [-0.15, -0.1) is 0 Å². The molecule has 0 radical (unpaired) electrons. The summed E-state index contributed by atoms with van der Waals surface area (Å²) in [4.78, 5) is 16.9. The molecule has 154 valence electrons. The quantitative estimate of drug-likeness (QED) is 0.687. The lowest BCUT2D eigenvalue weighted by molar-refractivity contribution is -0.135. The van der Waals surface area contributed by atoms with Gasteiger partial charge in [-0.25, -0.2) is 0 Å². The van der Waals surface area contributed by atoms with Crippen LogP contribution in [0.3, 0.4) is 0 Å². The smallest absolute Gasteiger partial charge is 0.260 e. The van der Waals surface area contributed by atoms with E-state index in [9.17, 15) is 4.79 Å². The van der Waals surface area contributed by atoms with Crippen molar-refractivity contribution in [2.24, 2.45) is 0 Å². The minimum Gasteiger partial charge on any atom is -0.493 e. The maximum Gasteiger partial charge on any atom is 0.260 e. The first-order valence-electron chi connectivity index (χ1n) is 10.2. The van der Waals surface area contributed by atoms with Gasteiger partial charge in [-0.3, -0.25) is 9.69 Å². The van der Waals surface area contributed by atoms with E-state index in [0.717, 1.165) is 44.7 Å². The van der Waals surface area contributed by atoms with Crippen molar-refractivity contribution in [3.05, 3.63) is 65.7 Å². The van der Waals surface area contributed by atoms with Crippen LogP contribution in [0.25, 0.3) is 6.08 Å². The van der Waals surface area contributed by atoms with Gasteiger partial charge in [-0.2, -0.15) is 0 Å². The average molecular weight is 395 g/mol. The first kappa shape index (κ1) is 20.9. The summed E-state index contributed by atoms with van der Waals surface area (Å²) in [7, 11) is 1.61. The van der Waals surface area contributed by atoms with Gasteiger partial charge in [-0.1, -0.05) is 48.6 Å². The molecular weight excluding hydrogens is 364 g/mol. The molecule has 1 fully saturated rings. The number of carbonyl (C=O) groups excluding carboxylic acids is 1. The summed E-state index contributed by atoms with van der Waals surface area (Å²) >= 11 is 0. The summed E-state index contributed by atoms with van der Waals surface area (Å²) in [6.07, 6.45) is 5.01. The highest BCUT2D eigenvalue weighted by Gasteiger charge is 2.21. The van der Waals surface area contributed by atoms with Crippen LogP contribution in [0.5, 0.6) is 11.5 Å². The third-order valence-corrected chi connectivity index (χ3v) is 5.18. The van der Waals surface area contributed by atoms with E-state index in [2.05, 4.69) is 29.2 Å². The molecule has 3 rings (SSSR count). The van der Waals surface area contributed by atoms with Crippen LogP contribution >= 0.6 is 0 Å². The van der Waals surface area contributed by atoms with E-state index in [1.165, 1.54) is 5.56 Å². The molecule has 1 heterocycles. The number of hydrogen-bond donors (Lipinski definition) is 0. The minimum atomic E-state index is 0.0206. The molecule has 0 unspecified atom stereocenters. The molecule has 0 spiro atoms. The lowest BCUT2D eigenvalue weighted by atomic mass is 10.1. The van der Waals surface area contributed by atoms with Gasteiger partial charge in [0.15, 0.2) is 18.1 Å². The normalized spacial score (nSPS) is 14.9. The lowest BCUT2D eigenvalue weighted by Gasteiger charge is -2.34. The Bertz CT molecular complexity index is 812. The van der Waals surface area contributed by atoms with Crippen molar-refractivity contribution >= 4 is 12.0 Å². The molecule has 2 aromatic rings. The fourth-order valence-corrected chi connectivity index (χ4v) is 3.48. The predicted molar refractivity (Wildman–Crippen MR) is 116 cm³/mol. The molecule has 1 aliphatic heterocycles. The van der Waals surface area contributed by atoms with Crippen molar-refractivity contribution in [1.82, 2.24) is 9.80 Å². The zero-order valence-corrected chi connectivity index (χ0v) is 17.3. The van der Waals surface area contributed by atoms with Crippen LogP contribution in [-0.2, 0) is 11.2 Å². The number of hydrogen-bond acceptors (Lipinski definition) is 4. The van der Waals surface area contributed by atoms with Crippen LogP contribution in [-0.4, -0.2) is 62.1 Å². The molecule has 2 aromatic carbocycles. The van der Waals surface area contributed by atoms with Crippen LogP contribution in [0.1, 0.15) is 18.1 Å². The maximum absolute atomic E-state index is 12.6. The molecule has 0 aromatic heterocycles. The molecule has 1 aliphatic rings. The Kier molecular flexibility index (Phi) is 7.70. The maximum atomic E-state index is 12.6. The second-order valence-corrected chi connectivity index (χ2v) is 7.16. The van der Waals surface area contributed by atoms with Crippen molar-refractivity contribution < 1.29 is 14.3 Å². The van der Waals surface area contributed by atoms with Crippen LogP contribution in [0.4, 0.5) is 0 Å². The molecule has 1 saturated heterocycles. The van der Waals surface area contributed by atoms with Gasteiger partial charge < -0.3 is 14.4 Å². The molecule has 0 aliphatic carbocycles. The summed E-state index contributed by atoms with van der Waals surface area (Å²) in [5.74, 6) is 1.25. The van der Waals surface area contributed by atoms with E-state index in [1.54, 1.807) is 7.11 Å². The number of benzene rings is 2. The van der Waals surface area contributed by atoms with Crippen LogP contribution in [0.15, 0.2) is 54.6 Å². The van der Waals surface area contributed by atoms with E-state index in [1.807, 2.05) is 48.2 Å². The van der Waals surface area contributed by atoms with Crippen LogP contribution in [0.2, 0.25) is 0 Å². The second kappa shape index (κ2) is 10.7. The fourth-order valence-electron chi connectivity index (χ4n) is 3.48. The van der Waals surface area contributed by atoms with Gasteiger partial charge in [0.1, 0.15) is 0 Å². The molecule has 0 saturated carbocycles. The van der Waals surface area contributed by atoms with E-state index < -0.39 is 0 Å². The number of nitrogens with zero attached hydrogens (tertiary/aromatic N) is 2. The molecule has 5 heteroatoms. The summed E-state index contributed by atoms with van der Waals surface area (Å²) in [6, 6.07) is 16.2. The number of carbonyl (C=O) groups is 1. The fraction of sp³-hybridized carbons (Fsp3) is 0.375. The zero-order chi connectivity index (χ0) is 20.5. The second-order valence-electron chi connectivity index (χ2n) is 7.16. The van der Waals surface area contributed by atoms with Crippen LogP contribution in [0, 0.1) is 0 Å². The number of amides is 1. The Balaban J connectivity index is 1.44. The summed E-state index contributed by atoms with van der Waals surface area (Å²) in [6.45, 7) is 6.32. The van der Waals surface area contributed by atoms with Crippen molar-refractivity contribution in [3.63, 3.8) is 0 Å². The Hall–Kier alpha value is -2.79. The summed E-state index contributed by atoms with van der Waals surface area (Å²) in [5, 5.41) is 0. The van der Waals surface area contributed by atoms with Crippen molar-refractivity contribution in [1.29, 1.82) is 0 Å². The Labute approximate surface area is 173 Å². The van der Waals surface area contributed by atoms with Crippen LogP contribution < -0.4 is 9.47 Å². The predicted octanol–water partition coefficient (Wildman–Crippen LogP) is 3.49. The standard InChI is InChI=1S/C24H30N2O3/c1-3-7-21-10-11-22(23(18-21)28-2)29-19-24(27)26-16-14-25(15-17-26)13-12-20-8-5-4-6-9-20/h3-11,18H,12-17,19H2,1-2H3/b7-3+. The summed E-state index contributed by atoms with van der Waals surface area (Å²) < 4.78 is 11.2. The number of rotatable bonds is 8. The monoisotopic (exact) mass is 394 g/mol. The van der Waals surface area contributed by atoms with E-state index in [0.29, 0.717) is 11.5 Å². The Morgan fingerprint density at radius 1 is 1.03 bits per heavy atom. The van der Waals surface area contributed by atoms with Gasteiger partial charge in [0, 0.05) is 32.7 Å². The molecule has 0 bridgehead atoms. The third kappa shape index (κ3) is 6.09. The topological polar surface area (TPSA) is 42.0 Å². The van der Waals surface area contributed by atoms with Gasteiger partial charge in [0.05, 0.1) is 7.11 Å². The Morgan fingerprint density at radius 2 is 1.79 bits per heavy atom. The Morgan fingerprint density at radius 3 is 2.48 bits per heavy atom. The van der Waals surface area contributed by atoms with E-state index in [4.69, 9.17) is 9.47 Å². The molecule has 29 heavy (non-hydrogen) atoms. The van der Waals surface area contributed by atoms with Crippen molar-refractivity contribution in [2.45, 2.75) is 13.3 Å². The van der Waals surface area contributed by atoms with E-state index >= 15 is 0 Å². The molecule has 5 nitrogen and oxygen atoms in total. The number of piperazine rings is 1. The van der Waals surface area contributed by atoms with Gasteiger partial charge in [0.2, 0.25) is 0 Å². The number of methoxy groups -OCH3 is 1. The average Bonchev–Trinajstić information content (AvgIpc) is 2.77. The molecule has 0 N–H and O–H groups in total. The zero-order valence-electron chi connectivity index (χ0n) is 17.3. The van der Waals surface area contributed by atoms with Crippen molar-refractivity contribution in [3.8, 4) is 11.5 Å². The first-order valence-corrected chi connectivity index (χ1v) is 10.2. The largest absolute Gasteiger partial charge is 0.493 e. The van der Waals surface area contributed by atoms with Gasteiger partial charge in [0.25, 0.3) is 5.91 Å². The lowest BCUT2D eigenvalue weighted by Crippen LogP contribution is -2.50. The molecular formula is C24H30N2O3. The SMILES string of the molecule is C/C=C/c1ccc(OCC(=O)N2CCN(CCc3ccccc3)CC2)c(OC)c1. The highest BCUT2D eigenvalue weighted by Crippen LogP contribution is 2.28. The number of ether oxygens (including phenoxy) is 2. The van der Waals surface area contributed by atoms with E-state index in [-0.39, 0.29) is 12.5 Å². The van der Waals surface area contributed by atoms with Gasteiger partial charge >= 0.3 is 0 Å². The third-order valence-electron chi connectivity index (χ3n) is 5.18. The van der Waals surface area contributed by atoms with Crippen molar-refractivity contribution in [2.75, 3.05) is 46.4 Å². The molecule has 1 amide bonds. The highest BCUT2D eigenvalue weighted by atomic mass is 16.5. The molecule has 0 atom stereocenters. The highest BCUT2D eigenvalue weighted by molar-refractivity contribution is 5.78. The minimum absolute atomic E-state index is 0.0206. The van der Waals surface area contributed by atoms with Gasteiger partial charge in [-0.05, 0) is 36.6 Å². The first-order chi connectivity index (χ1) is 14.2. The number of allylic oxidation sites excluding steroid dienone is 1.